The SMILES string of the molecule is CN1CCC(c2nc3cc(Cl)ccn3n2)C1. The van der Waals surface area contributed by atoms with Crippen molar-refractivity contribution in [1.82, 2.24) is 19.5 Å². The van der Waals surface area contributed by atoms with Gasteiger partial charge < -0.3 is 4.90 Å². The number of fused-ring (bicyclic) bond motifs is 1. The van der Waals surface area contributed by atoms with Gasteiger partial charge in [-0.3, -0.25) is 0 Å². The van der Waals surface area contributed by atoms with Crippen molar-refractivity contribution in [2.45, 2.75) is 12.3 Å². The summed E-state index contributed by atoms with van der Waals surface area (Å²) in [5.74, 6) is 1.40. The minimum Gasteiger partial charge on any atom is -0.306 e. The molecule has 3 rings (SSSR count). The van der Waals surface area contributed by atoms with Crippen molar-refractivity contribution in [3.8, 4) is 0 Å². The van der Waals surface area contributed by atoms with Gasteiger partial charge in [0.1, 0.15) is 0 Å². The van der Waals surface area contributed by atoms with Crippen molar-refractivity contribution in [2.24, 2.45) is 0 Å². The first-order valence-corrected chi connectivity index (χ1v) is 5.80. The zero-order valence-corrected chi connectivity index (χ0v) is 9.85. The fourth-order valence-electron chi connectivity index (χ4n) is 2.19. The summed E-state index contributed by atoms with van der Waals surface area (Å²) in [6, 6.07) is 3.67. The molecule has 5 heteroatoms. The van der Waals surface area contributed by atoms with Crippen LogP contribution in [0.1, 0.15) is 18.2 Å². The van der Waals surface area contributed by atoms with Gasteiger partial charge in [-0.1, -0.05) is 11.6 Å². The molecule has 3 heterocycles. The first-order chi connectivity index (χ1) is 7.72. The predicted molar refractivity (Wildman–Crippen MR) is 62.9 cm³/mol. The van der Waals surface area contributed by atoms with Crippen LogP contribution in [-0.4, -0.2) is 39.6 Å². The minimum absolute atomic E-state index is 0.462. The van der Waals surface area contributed by atoms with Crippen LogP contribution in [0.25, 0.3) is 5.65 Å². The van der Waals surface area contributed by atoms with Gasteiger partial charge in [-0.2, -0.15) is 5.10 Å². The highest BCUT2D eigenvalue weighted by atomic mass is 35.5. The molecule has 1 atom stereocenters. The van der Waals surface area contributed by atoms with Crippen molar-refractivity contribution in [3.63, 3.8) is 0 Å². The molecule has 2 aromatic rings. The molecule has 0 bridgehead atoms. The first-order valence-electron chi connectivity index (χ1n) is 5.43. The van der Waals surface area contributed by atoms with E-state index in [-0.39, 0.29) is 0 Å². The van der Waals surface area contributed by atoms with Crippen molar-refractivity contribution < 1.29 is 0 Å². The van der Waals surface area contributed by atoms with E-state index >= 15 is 0 Å². The zero-order chi connectivity index (χ0) is 11.1. The quantitative estimate of drug-likeness (QED) is 0.757. The van der Waals surface area contributed by atoms with Gasteiger partial charge >= 0.3 is 0 Å². The molecule has 0 radical (unpaired) electrons. The molecule has 0 amide bonds. The zero-order valence-electron chi connectivity index (χ0n) is 9.10. The number of pyridine rings is 1. The molecule has 1 saturated heterocycles. The smallest absolute Gasteiger partial charge is 0.157 e. The Hall–Kier alpha value is -1.13. The third-order valence-corrected chi connectivity index (χ3v) is 3.31. The van der Waals surface area contributed by atoms with Gasteiger partial charge in [0, 0.05) is 29.7 Å². The van der Waals surface area contributed by atoms with E-state index in [1.165, 1.54) is 0 Å². The largest absolute Gasteiger partial charge is 0.306 e. The summed E-state index contributed by atoms with van der Waals surface area (Å²) < 4.78 is 1.79. The number of rotatable bonds is 1. The Balaban J connectivity index is 1.99. The van der Waals surface area contributed by atoms with E-state index in [9.17, 15) is 0 Å². The molecule has 1 aliphatic heterocycles. The number of likely N-dealkylation sites (N-methyl/N-ethyl adjacent to an activating group) is 1. The number of likely N-dealkylation sites (tertiary alicyclic amines) is 1. The summed E-state index contributed by atoms with van der Waals surface area (Å²) in [6.45, 7) is 2.17. The highest BCUT2D eigenvalue weighted by Gasteiger charge is 2.24. The van der Waals surface area contributed by atoms with E-state index in [1.54, 1.807) is 4.52 Å². The van der Waals surface area contributed by atoms with Gasteiger partial charge in [0.15, 0.2) is 11.5 Å². The molecule has 0 aromatic carbocycles. The molecule has 84 valence electrons. The number of hydrogen-bond acceptors (Lipinski definition) is 3. The molecular formula is C11H13ClN4. The minimum atomic E-state index is 0.462. The summed E-state index contributed by atoms with van der Waals surface area (Å²) in [5.41, 5.74) is 0.831. The Morgan fingerprint density at radius 1 is 1.50 bits per heavy atom. The maximum absolute atomic E-state index is 5.92. The number of aromatic nitrogens is 3. The van der Waals surface area contributed by atoms with E-state index in [0.29, 0.717) is 10.9 Å². The highest BCUT2D eigenvalue weighted by molar-refractivity contribution is 6.30. The lowest BCUT2D eigenvalue weighted by atomic mass is 10.1. The second-order valence-electron chi connectivity index (χ2n) is 4.37. The molecular weight excluding hydrogens is 224 g/mol. The Bertz CT molecular complexity index is 522. The first kappa shape index (κ1) is 10.1. The van der Waals surface area contributed by atoms with Crippen LogP contribution in [0.2, 0.25) is 5.02 Å². The lowest BCUT2D eigenvalue weighted by molar-refractivity contribution is 0.409. The van der Waals surface area contributed by atoms with Crippen LogP contribution in [0.4, 0.5) is 0 Å². The Morgan fingerprint density at radius 2 is 2.38 bits per heavy atom. The molecule has 0 N–H and O–H groups in total. The van der Waals surface area contributed by atoms with E-state index in [2.05, 4.69) is 22.0 Å². The van der Waals surface area contributed by atoms with Gasteiger partial charge in [0.2, 0.25) is 0 Å². The lowest BCUT2D eigenvalue weighted by Gasteiger charge is -2.05. The van der Waals surface area contributed by atoms with Crippen LogP contribution in [0.5, 0.6) is 0 Å². The molecule has 0 aliphatic carbocycles. The molecule has 2 aromatic heterocycles. The summed E-state index contributed by atoms with van der Waals surface area (Å²) in [4.78, 5) is 6.84. The fraction of sp³-hybridized carbons (Fsp3) is 0.455. The Morgan fingerprint density at radius 3 is 3.12 bits per heavy atom. The maximum Gasteiger partial charge on any atom is 0.157 e. The van der Waals surface area contributed by atoms with Crippen molar-refractivity contribution in [3.05, 3.63) is 29.2 Å². The van der Waals surface area contributed by atoms with Crippen molar-refractivity contribution in [1.29, 1.82) is 0 Å². The number of halogens is 1. The number of hydrogen-bond donors (Lipinski definition) is 0. The molecule has 4 nitrogen and oxygen atoms in total. The van der Waals surface area contributed by atoms with E-state index < -0.39 is 0 Å². The molecule has 1 unspecified atom stereocenters. The van der Waals surface area contributed by atoms with Crippen molar-refractivity contribution >= 4 is 17.2 Å². The maximum atomic E-state index is 5.92. The van der Waals surface area contributed by atoms with Gasteiger partial charge in [0.05, 0.1) is 0 Å². The summed E-state index contributed by atoms with van der Waals surface area (Å²) in [5, 5.41) is 5.19. The Labute approximate surface area is 98.8 Å². The van der Waals surface area contributed by atoms with Crippen LogP contribution in [0, 0.1) is 0 Å². The third kappa shape index (κ3) is 1.68. The standard InChI is InChI=1S/C11H13ClN4/c1-15-4-2-8(7-15)11-13-10-6-9(12)3-5-16(10)14-11/h3,5-6,8H,2,4,7H2,1H3. The second kappa shape index (κ2) is 3.71. The molecule has 1 fully saturated rings. The number of nitrogens with zero attached hydrogens (tertiary/aromatic N) is 4. The molecule has 0 saturated carbocycles. The average molecular weight is 237 g/mol. The normalized spacial score (nSPS) is 22.0. The van der Waals surface area contributed by atoms with Gasteiger partial charge in [-0.25, -0.2) is 9.50 Å². The predicted octanol–water partition coefficient (Wildman–Crippen LogP) is 1.80. The average Bonchev–Trinajstić information content (AvgIpc) is 2.83. The molecule has 1 aliphatic rings. The van der Waals surface area contributed by atoms with Crippen LogP contribution in [0.3, 0.4) is 0 Å². The second-order valence-corrected chi connectivity index (χ2v) is 4.80. The topological polar surface area (TPSA) is 33.4 Å². The fourth-order valence-corrected chi connectivity index (χ4v) is 2.35. The van der Waals surface area contributed by atoms with Gasteiger partial charge in [0.25, 0.3) is 0 Å². The summed E-state index contributed by atoms with van der Waals surface area (Å²) in [6.07, 6.45) is 2.99. The van der Waals surface area contributed by atoms with Gasteiger partial charge in [-0.15, -0.1) is 0 Å². The van der Waals surface area contributed by atoms with Crippen molar-refractivity contribution in [2.75, 3.05) is 20.1 Å². The molecule has 16 heavy (non-hydrogen) atoms. The summed E-state index contributed by atoms with van der Waals surface area (Å²) >= 11 is 5.92. The highest BCUT2D eigenvalue weighted by Crippen LogP contribution is 2.24. The monoisotopic (exact) mass is 236 g/mol. The van der Waals surface area contributed by atoms with E-state index in [0.717, 1.165) is 31.0 Å². The van der Waals surface area contributed by atoms with E-state index in [4.69, 9.17) is 11.6 Å². The van der Waals surface area contributed by atoms with Gasteiger partial charge in [-0.05, 0) is 26.1 Å². The van der Waals surface area contributed by atoms with Crippen LogP contribution >= 0.6 is 11.6 Å². The van der Waals surface area contributed by atoms with Crippen LogP contribution < -0.4 is 0 Å². The van der Waals surface area contributed by atoms with Crippen LogP contribution in [-0.2, 0) is 0 Å². The van der Waals surface area contributed by atoms with E-state index in [1.807, 2.05) is 18.3 Å². The summed E-state index contributed by atoms with van der Waals surface area (Å²) in [7, 11) is 2.13. The third-order valence-electron chi connectivity index (χ3n) is 3.07. The Kier molecular flexibility index (Phi) is 2.33. The van der Waals surface area contributed by atoms with Crippen LogP contribution in [0.15, 0.2) is 18.3 Å². The lowest BCUT2D eigenvalue weighted by Crippen LogP contribution is -2.13. The molecule has 0 spiro atoms.